The molecule has 0 amide bonds. The number of carbonyl (C=O) groups excluding carboxylic acids is 1. The van der Waals surface area contributed by atoms with Crippen molar-refractivity contribution in [3.63, 3.8) is 0 Å². The molecule has 0 aromatic heterocycles. The van der Waals surface area contributed by atoms with Gasteiger partial charge in [-0.15, -0.1) is 0 Å². The third-order valence-electron chi connectivity index (χ3n) is 5.50. The van der Waals surface area contributed by atoms with Crippen LogP contribution in [0.3, 0.4) is 0 Å². The van der Waals surface area contributed by atoms with Gasteiger partial charge in [0.1, 0.15) is 0 Å². The quantitative estimate of drug-likeness (QED) is 0.765. The Morgan fingerprint density at radius 1 is 1.24 bits per heavy atom. The van der Waals surface area contributed by atoms with E-state index in [0.29, 0.717) is 18.2 Å². The lowest BCUT2D eigenvalue weighted by Gasteiger charge is -2.39. The minimum Gasteiger partial charge on any atom is -0.466 e. The van der Waals surface area contributed by atoms with E-state index in [0.717, 1.165) is 25.8 Å². The smallest absolute Gasteiger partial charge is 0.308 e. The number of carbonyl (C=O) groups is 1. The lowest BCUT2D eigenvalue weighted by Crippen LogP contribution is -2.52. The van der Waals surface area contributed by atoms with Gasteiger partial charge in [-0.1, -0.05) is 19.3 Å². The number of likely N-dealkylation sites (N-methyl/N-ethyl adjacent to an activating group) is 1. The molecule has 122 valence electrons. The molecule has 2 rings (SSSR count). The Hall–Kier alpha value is -0.610. The minimum absolute atomic E-state index is 0.00666. The summed E-state index contributed by atoms with van der Waals surface area (Å²) in [6.07, 6.45) is 9.54. The molecule has 4 nitrogen and oxygen atoms in total. The molecule has 0 bridgehead atoms. The van der Waals surface area contributed by atoms with E-state index >= 15 is 0 Å². The molecule has 0 aromatic carbocycles. The second kappa shape index (κ2) is 7.59. The van der Waals surface area contributed by atoms with Crippen molar-refractivity contribution in [1.29, 1.82) is 0 Å². The molecule has 0 heterocycles. The molecule has 0 aliphatic heterocycles. The van der Waals surface area contributed by atoms with Crippen LogP contribution in [-0.4, -0.2) is 49.7 Å². The van der Waals surface area contributed by atoms with Crippen LogP contribution in [0.25, 0.3) is 0 Å². The number of nitrogens with zero attached hydrogens (tertiary/aromatic N) is 1. The van der Waals surface area contributed by atoms with Crippen molar-refractivity contribution in [2.45, 2.75) is 69.9 Å². The van der Waals surface area contributed by atoms with Crippen molar-refractivity contribution in [3.05, 3.63) is 0 Å². The first-order chi connectivity index (χ1) is 10.1. The molecule has 0 radical (unpaired) electrons. The second-order valence-corrected chi connectivity index (χ2v) is 7.02. The van der Waals surface area contributed by atoms with E-state index in [-0.39, 0.29) is 11.9 Å². The maximum Gasteiger partial charge on any atom is 0.308 e. The van der Waals surface area contributed by atoms with Gasteiger partial charge in [0, 0.05) is 18.1 Å². The van der Waals surface area contributed by atoms with Crippen molar-refractivity contribution in [2.24, 2.45) is 5.92 Å². The van der Waals surface area contributed by atoms with E-state index in [1.54, 1.807) is 0 Å². The van der Waals surface area contributed by atoms with E-state index in [1.807, 2.05) is 6.92 Å². The van der Waals surface area contributed by atoms with Gasteiger partial charge >= 0.3 is 5.97 Å². The maximum absolute atomic E-state index is 11.9. The molecule has 1 N–H and O–H groups in total. The van der Waals surface area contributed by atoms with Crippen molar-refractivity contribution in [3.8, 4) is 0 Å². The van der Waals surface area contributed by atoms with Crippen LogP contribution in [0.5, 0.6) is 0 Å². The molecule has 2 fully saturated rings. The third kappa shape index (κ3) is 4.19. The fourth-order valence-corrected chi connectivity index (χ4v) is 4.00. The summed E-state index contributed by atoms with van der Waals surface area (Å²) in [6, 6.07) is 0.477. The zero-order chi connectivity index (χ0) is 15.3. The van der Waals surface area contributed by atoms with Gasteiger partial charge in [-0.05, 0) is 53.1 Å². The summed E-state index contributed by atoms with van der Waals surface area (Å²) in [7, 11) is 4.41. The zero-order valence-corrected chi connectivity index (χ0v) is 14.0. The van der Waals surface area contributed by atoms with Crippen LogP contribution >= 0.6 is 0 Å². The van der Waals surface area contributed by atoms with Crippen molar-refractivity contribution >= 4 is 5.97 Å². The highest BCUT2D eigenvalue weighted by Crippen LogP contribution is 2.34. The van der Waals surface area contributed by atoms with Gasteiger partial charge in [-0.3, -0.25) is 4.79 Å². The van der Waals surface area contributed by atoms with E-state index in [9.17, 15) is 4.79 Å². The Labute approximate surface area is 129 Å². The number of hydrogen-bond acceptors (Lipinski definition) is 4. The summed E-state index contributed by atoms with van der Waals surface area (Å²) < 4.78 is 5.19. The van der Waals surface area contributed by atoms with E-state index < -0.39 is 0 Å². The highest BCUT2D eigenvalue weighted by Gasteiger charge is 2.37. The molecule has 2 aliphatic carbocycles. The normalized spacial score (nSPS) is 28.8. The van der Waals surface area contributed by atoms with E-state index in [2.05, 4.69) is 24.3 Å². The van der Waals surface area contributed by atoms with Crippen LogP contribution in [0.15, 0.2) is 0 Å². The summed E-state index contributed by atoms with van der Waals surface area (Å²) in [5, 5.41) is 3.76. The first kappa shape index (κ1) is 16.8. The number of esters is 1. The molecular formula is C17H32N2O2. The van der Waals surface area contributed by atoms with Gasteiger partial charge < -0.3 is 15.0 Å². The number of hydrogen-bond donors (Lipinski definition) is 1. The van der Waals surface area contributed by atoms with Gasteiger partial charge in [0.05, 0.1) is 12.5 Å². The predicted molar refractivity (Wildman–Crippen MR) is 85.3 cm³/mol. The Kier molecular flexibility index (Phi) is 6.06. The Balaban J connectivity index is 1.83. The average molecular weight is 296 g/mol. The minimum atomic E-state index is 0.00666. The van der Waals surface area contributed by atoms with Crippen LogP contribution in [0.1, 0.15) is 58.3 Å². The molecule has 2 unspecified atom stereocenters. The molecule has 0 spiro atoms. The van der Waals surface area contributed by atoms with Crippen molar-refractivity contribution < 1.29 is 9.53 Å². The molecule has 0 aromatic rings. The summed E-state index contributed by atoms with van der Waals surface area (Å²) in [6.45, 7) is 3.44. The fourth-order valence-electron chi connectivity index (χ4n) is 4.00. The van der Waals surface area contributed by atoms with Crippen LogP contribution in [0.2, 0.25) is 0 Å². The lowest BCUT2D eigenvalue weighted by atomic mass is 9.85. The van der Waals surface area contributed by atoms with Gasteiger partial charge in [0.25, 0.3) is 0 Å². The van der Waals surface area contributed by atoms with Crippen LogP contribution in [-0.2, 0) is 9.53 Å². The largest absolute Gasteiger partial charge is 0.466 e. The highest BCUT2D eigenvalue weighted by molar-refractivity contribution is 5.72. The average Bonchev–Trinajstić information content (AvgIpc) is 2.96. The predicted octanol–water partition coefficient (Wildman–Crippen LogP) is 2.57. The Morgan fingerprint density at radius 2 is 1.95 bits per heavy atom. The number of ether oxygens (including phenoxy) is 1. The van der Waals surface area contributed by atoms with Crippen LogP contribution in [0.4, 0.5) is 0 Å². The monoisotopic (exact) mass is 296 g/mol. The molecule has 4 heteroatoms. The Bertz CT molecular complexity index is 338. The summed E-state index contributed by atoms with van der Waals surface area (Å²) in [4.78, 5) is 14.3. The van der Waals surface area contributed by atoms with Gasteiger partial charge in [0.15, 0.2) is 0 Å². The van der Waals surface area contributed by atoms with Crippen molar-refractivity contribution in [2.75, 3.05) is 27.2 Å². The first-order valence-electron chi connectivity index (χ1n) is 8.65. The SMILES string of the molecule is CCOC(=O)C1CCCC(NCC2(N(C)C)CCCC2)C1. The molecule has 2 atom stereocenters. The molecule has 0 saturated heterocycles. The van der Waals surface area contributed by atoms with Gasteiger partial charge in [-0.2, -0.15) is 0 Å². The zero-order valence-electron chi connectivity index (χ0n) is 14.0. The number of nitrogens with one attached hydrogen (secondary N) is 1. The lowest BCUT2D eigenvalue weighted by molar-refractivity contribution is -0.149. The first-order valence-corrected chi connectivity index (χ1v) is 8.65. The molecule has 2 saturated carbocycles. The molecule has 2 aliphatic rings. The fraction of sp³-hybridized carbons (Fsp3) is 0.941. The molecular weight excluding hydrogens is 264 g/mol. The maximum atomic E-state index is 11.9. The summed E-state index contributed by atoms with van der Waals surface area (Å²) >= 11 is 0. The van der Waals surface area contributed by atoms with Crippen LogP contribution < -0.4 is 5.32 Å². The number of rotatable bonds is 6. The van der Waals surface area contributed by atoms with E-state index in [4.69, 9.17) is 4.74 Å². The Morgan fingerprint density at radius 3 is 2.57 bits per heavy atom. The van der Waals surface area contributed by atoms with Crippen LogP contribution in [0, 0.1) is 5.92 Å². The molecule has 21 heavy (non-hydrogen) atoms. The highest BCUT2D eigenvalue weighted by atomic mass is 16.5. The van der Waals surface area contributed by atoms with Crippen molar-refractivity contribution in [1.82, 2.24) is 10.2 Å². The standard InChI is InChI=1S/C17H32N2O2/c1-4-21-16(20)14-8-7-9-15(12-14)18-13-17(19(2)3)10-5-6-11-17/h14-15,18H,4-13H2,1-3H3. The van der Waals surface area contributed by atoms with Gasteiger partial charge in [0.2, 0.25) is 0 Å². The third-order valence-corrected chi connectivity index (χ3v) is 5.50. The van der Waals surface area contributed by atoms with Gasteiger partial charge in [-0.25, -0.2) is 0 Å². The van der Waals surface area contributed by atoms with E-state index in [1.165, 1.54) is 32.1 Å². The topological polar surface area (TPSA) is 41.6 Å². The second-order valence-electron chi connectivity index (χ2n) is 7.02. The summed E-state index contributed by atoms with van der Waals surface area (Å²) in [5.41, 5.74) is 0.330. The summed E-state index contributed by atoms with van der Waals surface area (Å²) in [5.74, 6) is 0.113.